The average Bonchev–Trinajstić information content (AvgIpc) is 3.07. The first-order valence-corrected chi connectivity index (χ1v) is 11.9. The molecule has 0 unspecified atom stereocenters. The Morgan fingerprint density at radius 1 is 1.00 bits per heavy atom. The zero-order valence-corrected chi connectivity index (χ0v) is 21.4. The van der Waals surface area contributed by atoms with Crippen LogP contribution in [0.15, 0.2) is 77.5 Å². The number of imide groups is 1. The van der Waals surface area contributed by atoms with Gasteiger partial charge in [0.25, 0.3) is 17.7 Å². The van der Waals surface area contributed by atoms with E-state index in [1.54, 1.807) is 41.3 Å². The first-order valence-electron chi connectivity index (χ1n) is 11.1. The number of rotatable bonds is 7. The Bertz CT molecular complexity index is 1400. The van der Waals surface area contributed by atoms with Gasteiger partial charge in [-0.25, -0.2) is 4.90 Å². The second-order valence-corrected chi connectivity index (χ2v) is 8.86. The van der Waals surface area contributed by atoms with E-state index in [9.17, 15) is 14.4 Å². The van der Waals surface area contributed by atoms with E-state index in [0.29, 0.717) is 22.8 Å². The van der Waals surface area contributed by atoms with E-state index in [-0.39, 0.29) is 28.1 Å². The van der Waals surface area contributed by atoms with E-state index in [0.717, 1.165) is 16.2 Å². The van der Waals surface area contributed by atoms with Gasteiger partial charge in [0, 0.05) is 28.5 Å². The number of amides is 3. The van der Waals surface area contributed by atoms with E-state index in [4.69, 9.17) is 27.9 Å². The summed E-state index contributed by atoms with van der Waals surface area (Å²) in [7, 11) is 1.42. The maximum absolute atomic E-state index is 13.3. The van der Waals surface area contributed by atoms with Gasteiger partial charge in [-0.1, -0.05) is 41.4 Å². The highest BCUT2D eigenvalue weighted by Crippen LogP contribution is 2.37. The number of ether oxygens (including phenoxy) is 1. The number of hydrogen-bond acceptors (Lipinski definition) is 5. The summed E-state index contributed by atoms with van der Waals surface area (Å²) in [6.07, 6.45) is 0. The number of aryl methyl sites for hydroxylation is 1. The Morgan fingerprint density at radius 3 is 2.44 bits per heavy atom. The molecular weight excluding hydrogens is 501 g/mol. The molecule has 7 nitrogen and oxygen atoms in total. The van der Waals surface area contributed by atoms with Crippen LogP contribution in [-0.4, -0.2) is 31.4 Å². The van der Waals surface area contributed by atoms with Crippen molar-refractivity contribution in [2.75, 3.05) is 28.8 Å². The molecule has 0 aliphatic carbocycles. The number of halogens is 2. The van der Waals surface area contributed by atoms with Crippen LogP contribution in [0, 0.1) is 6.92 Å². The Morgan fingerprint density at radius 2 is 1.75 bits per heavy atom. The minimum Gasteiger partial charge on any atom is -0.495 e. The molecule has 0 aromatic heterocycles. The molecule has 0 fully saturated rings. The molecule has 1 N–H and O–H groups in total. The number of nitrogens with zero attached hydrogens (tertiary/aromatic N) is 2. The second-order valence-electron chi connectivity index (χ2n) is 8.05. The van der Waals surface area contributed by atoms with Gasteiger partial charge in [0.05, 0.1) is 12.8 Å². The molecule has 0 spiro atoms. The molecule has 184 valence electrons. The molecule has 0 saturated heterocycles. The van der Waals surface area contributed by atoms with Gasteiger partial charge in [0.15, 0.2) is 0 Å². The van der Waals surface area contributed by atoms with Crippen molar-refractivity contribution >= 4 is 58.0 Å². The Labute approximate surface area is 218 Å². The third kappa shape index (κ3) is 4.80. The third-order valence-corrected chi connectivity index (χ3v) is 6.25. The summed E-state index contributed by atoms with van der Waals surface area (Å²) in [4.78, 5) is 42.0. The van der Waals surface area contributed by atoms with E-state index in [2.05, 4.69) is 5.32 Å². The number of carbonyl (C=O) groups is 3. The van der Waals surface area contributed by atoms with Gasteiger partial charge in [0.1, 0.15) is 16.5 Å². The Balaban J connectivity index is 1.61. The summed E-state index contributed by atoms with van der Waals surface area (Å²) in [5.41, 5.74) is 2.73. The number of anilines is 3. The van der Waals surface area contributed by atoms with Crippen LogP contribution in [-0.2, 0) is 9.59 Å². The smallest absolute Gasteiger partial charge is 0.283 e. The van der Waals surface area contributed by atoms with Crippen molar-refractivity contribution in [2.45, 2.75) is 13.8 Å². The van der Waals surface area contributed by atoms with Gasteiger partial charge in [-0.15, -0.1) is 0 Å². The quantitative estimate of drug-likeness (QED) is 0.398. The van der Waals surface area contributed by atoms with E-state index in [1.807, 2.05) is 38.1 Å². The second kappa shape index (κ2) is 10.4. The molecule has 1 heterocycles. The van der Waals surface area contributed by atoms with Crippen LogP contribution in [0.5, 0.6) is 5.75 Å². The summed E-state index contributed by atoms with van der Waals surface area (Å²) in [6.45, 7) is 4.33. The molecule has 9 heteroatoms. The molecule has 1 aliphatic rings. The molecule has 3 amide bonds. The van der Waals surface area contributed by atoms with Crippen LogP contribution in [0.25, 0.3) is 0 Å². The molecule has 36 heavy (non-hydrogen) atoms. The van der Waals surface area contributed by atoms with Crippen molar-refractivity contribution in [2.24, 2.45) is 0 Å². The lowest BCUT2D eigenvalue weighted by Crippen LogP contribution is -2.32. The molecule has 0 saturated carbocycles. The topological polar surface area (TPSA) is 79.0 Å². The monoisotopic (exact) mass is 523 g/mol. The normalized spacial score (nSPS) is 13.3. The van der Waals surface area contributed by atoms with E-state index in [1.165, 1.54) is 13.2 Å². The van der Waals surface area contributed by atoms with Crippen LogP contribution < -0.4 is 19.9 Å². The zero-order chi connectivity index (χ0) is 26.0. The van der Waals surface area contributed by atoms with Gasteiger partial charge in [0.2, 0.25) is 0 Å². The fourth-order valence-electron chi connectivity index (χ4n) is 3.94. The lowest BCUT2D eigenvalue weighted by Gasteiger charge is -2.22. The number of hydrogen-bond donors (Lipinski definition) is 1. The zero-order valence-electron chi connectivity index (χ0n) is 19.8. The molecule has 0 radical (unpaired) electrons. The first kappa shape index (κ1) is 25.3. The highest BCUT2D eigenvalue weighted by molar-refractivity contribution is 6.53. The van der Waals surface area contributed by atoms with Crippen molar-refractivity contribution in [3.05, 3.63) is 93.6 Å². The predicted octanol–water partition coefficient (Wildman–Crippen LogP) is 5.76. The van der Waals surface area contributed by atoms with Crippen LogP contribution in [0.4, 0.5) is 17.1 Å². The van der Waals surface area contributed by atoms with E-state index < -0.39 is 11.8 Å². The molecule has 0 atom stereocenters. The molecular formula is C27H23Cl2N3O4. The first-order chi connectivity index (χ1) is 17.2. The lowest BCUT2D eigenvalue weighted by atomic mass is 10.1. The van der Waals surface area contributed by atoms with Gasteiger partial charge in [-0.3, -0.25) is 14.4 Å². The highest BCUT2D eigenvalue weighted by Gasteiger charge is 2.40. The van der Waals surface area contributed by atoms with Crippen LogP contribution in [0.2, 0.25) is 5.02 Å². The Hall–Kier alpha value is -3.81. The van der Waals surface area contributed by atoms with Gasteiger partial charge in [-0.2, -0.15) is 0 Å². The minimum atomic E-state index is -0.714. The summed E-state index contributed by atoms with van der Waals surface area (Å²) in [5, 5.41) is 2.95. The maximum Gasteiger partial charge on any atom is 0.283 e. The fraction of sp³-hybridized carbons (Fsp3) is 0.148. The molecule has 3 aromatic rings. The van der Waals surface area contributed by atoms with Gasteiger partial charge < -0.3 is 15.0 Å². The number of methoxy groups -OCH3 is 1. The van der Waals surface area contributed by atoms with Crippen molar-refractivity contribution in [1.82, 2.24) is 0 Å². The average molecular weight is 524 g/mol. The summed E-state index contributed by atoms with van der Waals surface area (Å²) in [5.74, 6) is -1.30. The maximum atomic E-state index is 13.3. The van der Waals surface area contributed by atoms with Crippen molar-refractivity contribution < 1.29 is 19.1 Å². The highest BCUT2D eigenvalue weighted by atomic mass is 35.5. The SMILES string of the molecule is CCN(C(=O)c1cccc(NC2=C(Cl)C(=O)N(c3cc(Cl)ccc3OC)C2=O)c1)c1cccc(C)c1. The van der Waals surface area contributed by atoms with Crippen molar-refractivity contribution in [1.29, 1.82) is 0 Å². The van der Waals surface area contributed by atoms with Crippen molar-refractivity contribution in [3.8, 4) is 5.75 Å². The number of benzene rings is 3. The number of carbonyl (C=O) groups excluding carboxylic acids is 3. The fourth-order valence-corrected chi connectivity index (χ4v) is 4.32. The molecule has 0 bridgehead atoms. The standard InChI is InChI=1S/C27H23Cl2N3O4/c1-4-31(20-10-5-7-16(2)13-20)25(33)17-8-6-9-19(14-17)30-24-23(29)26(34)32(27(24)35)21-15-18(28)11-12-22(21)36-3/h5-15,30H,4H2,1-3H3. The van der Waals surface area contributed by atoms with Crippen molar-refractivity contribution in [3.63, 3.8) is 0 Å². The summed E-state index contributed by atoms with van der Waals surface area (Å²) >= 11 is 12.4. The number of nitrogens with one attached hydrogen (secondary N) is 1. The summed E-state index contributed by atoms with van der Waals surface area (Å²) < 4.78 is 5.29. The minimum absolute atomic E-state index is 0.112. The van der Waals surface area contributed by atoms with Gasteiger partial charge in [-0.05, 0) is 67.9 Å². The lowest BCUT2D eigenvalue weighted by molar-refractivity contribution is -0.120. The van der Waals surface area contributed by atoms with Gasteiger partial charge >= 0.3 is 0 Å². The Kier molecular flexibility index (Phi) is 7.33. The molecule has 3 aromatic carbocycles. The predicted molar refractivity (Wildman–Crippen MR) is 142 cm³/mol. The third-order valence-electron chi connectivity index (χ3n) is 5.66. The van der Waals surface area contributed by atoms with Crippen LogP contribution >= 0.6 is 23.2 Å². The van der Waals surface area contributed by atoms with E-state index >= 15 is 0 Å². The largest absolute Gasteiger partial charge is 0.495 e. The molecule has 1 aliphatic heterocycles. The van der Waals surface area contributed by atoms with Crippen LogP contribution in [0.1, 0.15) is 22.8 Å². The molecule has 4 rings (SSSR count). The van der Waals surface area contributed by atoms with Crippen LogP contribution in [0.3, 0.4) is 0 Å². The summed E-state index contributed by atoms with van der Waals surface area (Å²) in [6, 6.07) is 18.9.